The summed E-state index contributed by atoms with van der Waals surface area (Å²) in [6, 6.07) is 7.69. The van der Waals surface area contributed by atoms with Crippen LogP contribution in [0.3, 0.4) is 0 Å². The predicted octanol–water partition coefficient (Wildman–Crippen LogP) is 1.35. The first-order valence-electron chi connectivity index (χ1n) is 4.65. The number of nitrogens with zero attached hydrogens (tertiary/aromatic N) is 1. The largest absolute Gasteiger partial charge is 0.361 e. The van der Waals surface area contributed by atoms with Crippen molar-refractivity contribution in [2.24, 2.45) is 5.73 Å². The fourth-order valence-electron chi connectivity index (χ4n) is 1.50. The number of amides is 2. The number of anilines is 1. The van der Waals surface area contributed by atoms with Gasteiger partial charge in [-0.1, -0.05) is 18.2 Å². The summed E-state index contributed by atoms with van der Waals surface area (Å²) in [5, 5.41) is 2.79. The van der Waals surface area contributed by atoms with E-state index in [1.54, 1.807) is 7.05 Å². The molecule has 0 spiro atoms. The zero-order chi connectivity index (χ0) is 11.7. The number of carbonyl (C=O) groups is 2. The Morgan fingerprint density at radius 2 is 2.00 bits per heavy atom. The fraction of sp³-hybridized carbons (Fsp3) is 0.0909. The number of likely N-dealkylation sites (N-methyl/N-ethyl adjacent to an activating group) is 1. The van der Waals surface area contributed by atoms with Crippen LogP contribution in [0.2, 0.25) is 0 Å². The van der Waals surface area contributed by atoms with Crippen LogP contribution < -0.4 is 10.6 Å². The first-order valence-corrected chi connectivity index (χ1v) is 5.53. The number of carbonyl (C=O) groups excluding carboxylic acids is 2. The van der Waals surface area contributed by atoms with Crippen LogP contribution in [-0.2, 0) is 9.59 Å². The molecular formula is C11H10N2O2S. The predicted molar refractivity (Wildman–Crippen MR) is 64.4 cm³/mol. The zero-order valence-electron chi connectivity index (χ0n) is 8.64. The lowest BCUT2D eigenvalue weighted by Gasteiger charge is -2.13. The number of rotatable bonds is 1. The van der Waals surface area contributed by atoms with Gasteiger partial charge in [0.15, 0.2) is 0 Å². The molecule has 1 heterocycles. The van der Waals surface area contributed by atoms with Crippen LogP contribution in [0.5, 0.6) is 0 Å². The van der Waals surface area contributed by atoms with Crippen molar-refractivity contribution in [3.8, 4) is 0 Å². The summed E-state index contributed by atoms with van der Waals surface area (Å²) in [6.07, 6.45) is 0. The van der Waals surface area contributed by atoms with Crippen LogP contribution in [0.4, 0.5) is 5.69 Å². The van der Waals surface area contributed by atoms with Gasteiger partial charge in [-0.2, -0.15) is 0 Å². The minimum Gasteiger partial charge on any atom is -0.361 e. The first kappa shape index (κ1) is 10.6. The van der Waals surface area contributed by atoms with Gasteiger partial charge < -0.3 is 10.6 Å². The van der Waals surface area contributed by atoms with Gasteiger partial charge in [0.25, 0.3) is 0 Å². The number of benzene rings is 1. The van der Waals surface area contributed by atoms with Gasteiger partial charge in [-0.3, -0.25) is 9.59 Å². The molecule has 0 radical (unpaired) electrons. The summed E-state index contributed by atoms with van der Waals surface area (Å²) < 4.78 is 1.07. The number of thiophene rings is 1. The van der Waals surface area contributed by atoms with Gasteiger partial charge in [0, 0.05) is 22.5 Å². The number of primary amides is 1. The second-order valence-electron chi connectivity index (χ2n) is 3.35. The Labute approximate surface area is 96.3 Å². The molecule has 2 rings (SSSR count). The summed E-state index contributed by atoms with van der Waals surface area (Å²) in [5.74, 6) is -1.65. The molecule has 2 N–H and O–H groups in total. The highest BCUT2D eigenvalue weighted by Gasteiger charge is 2.19. The van der Waals surface area contributed by atoms with Crippen LogP contribution in [-0.4, -0.2) is 18.9 Å². The van der Waals surface area contributed by atoms with Crippen molar-refractivity contribution in [1.82, 2.24) is 0 Å². The molecule has 5 heteroatoms. The molecular weight excluding hydrogens is 224 g/mol. The van der Waals surface area contributed by atoms with Crippen molar-refractivity contribution in [2.75, 3.05) is 11.9 Å². The highest BCUT2D eigenvalue weighted by molar-refractivity contribution is 7.17. The Balaban J connectivity index is 2.48. The van der Waals surface area contributed by atoms with E-state index in [9.17, 15) is 9.59 Å². The van der Waals surface area contributed by atoms with Gasteiger partial charge in [-0.25, -0.2) is 0 Å². The van der Waals surface area contributed by atoms with Crippen molar-refractivity contribution < 1.29 is 9.59 Å². The Kier molecular flexibility index (Phi) is 2.62. The van der Waals surface area contributed by atoms with Crippen LogP contribution in [0.1, 0.15) is 0 Å². The van der Waals surface area contributed by atoms with E-state index in [1.807, 2.05) is 29.6 Å². The van der Waals surface area contributed by atoms with Crippen molar-refractivity contribution in [2.45, 2.75) is 0 Å². The van der Waals surface area contributed by atoms with Crippen LogP contribution in [0.25, 0.3) is 10.1 Å². The SMILES string of the molecule is CN(C(=O)C(N)=O)c1csc2ccccc12. The Morgan fingerprint density at radius 3 is 2.69 bits per heavy atom. The molecule has 0 aliphatic carbocycles. The molecule has 1 aromatic carbocycles. The lowest BCUT2D eigenvalue weighted by molar-refractivity contribution is -0.135. The van der Waals surface area contributed by atoms with Gasteiger partial charge in [0.2, 0.25) is 0 Å². The Bertz CT molecular complexity index is 562. The van der Waals surface area contributed by atoms with E-state index in [4.69, 9.17) is 5.73 Å². The van der Waals surface area contributed by atoms with Gasteiger partial charge in [-0.15, -0.1) is 11.3 Å². The average Bonchev–Trinajstić information content (AvgIpc) is 2.70. The molecule has 0 aliphatic heterocycles. The van der Waals surface area contributed by atoms with E-state index < -0.39 is 11.8 Å². The van der Waals surface area contributed by atoms with Crippen molar-refractivity contribution >= 4 is 38.9 Å². The topological polar surface area (TPSA) is 63.4 Å². The molecule has 0 saturated carbocycles. The zero-order valence-corrected chi connectivity index (χ0v) is 9.45. The van der Waals surface area contributed by atoms with Crippen LogP contribution >= 0.6 is 11.3 Å². The second kappa shape index (κ2) is 3.94. The summed E-state index contributed by atoms with van der Waals surface area (Å²) in [7, 11) is 1.54. The molecule has 16 heavy (non-hydrogen) atoms. The van der Waals surface area contributed by atoms with E-state index in [-0.39, 0.29) is 0 Å². The van der Waals surface area contributed by atoms with E-state index in [1.165, 1.54) is 16.2 Å². The molecule has 0 aliphatic rings. The molecule has 4 nitrogen and oxygen atoms in total. The molecule has 1 aromatic heterocycles. The average molecular weight is 234 g/mol. The minimum atomic E-state index is -0.946. The molecule has 82 valence electrons. The van der Waals surface area contributed by atoms with Gasteiger partial charge in [0.1, 0.15) is 0 Å². The molecule has 0 atom stereocenters. The standard InChI is InChI=1S/C11H10N2O2S/c1-13(11(15)10(12)14)8-6-16-9-5-3-2-4-7(8)9/h2-6H,1H3,(H2,12,14). The monoisotopic (exact) mass is 234 g/mol. The maximum Gasteiger partial charge on any atom is 0.315 e. The maximum absolute atomic E-state index is 11.4. The third kappa shape index (κ3) is 1.65. The number of hydrogen-bond donors (Lipinski definition) is 1. The minimum absolute atomic E-state index is 0.705. The molecule has 2 aromatic rings. The highest BCUT2D eigenvalue weighted by atomic mass is 32.1. The van der Waals surface area contributed by atoms with Crippen molar-refractivity contribution in [3.63, 3.8) is 0 Å². The summed E-state index contributed by atoms with van der Waals surface area (Å²) >= 11 is 1.53. The Morgan fingerprint density at radius 1 is 1.31 bits per heavy atom. The molecule has 0 fully saturated rings. The lowest BCUT2D eigenvalue weighted by Crippen LogP contribution is -2.37. The normalized spacial score (nSPS) is 10.3. The number of hydrogen-bond acceptors (Lipinski definition) is 3. The molecule has 0 unspecified atom stereocenters. The third-order valence-electron chi connectivity index (χ3n) is 2.34. The second-order valence-corrected chi connectivity index (χ2v) is 4.26. The van der Waals surface area contributed by atoms with E-state index in [0.717, 1.165) is 10.1 Å². The van der Waals surface area contributed by atoms with Gasteiger partial charge >= 0.3 is 11.8 Å². The van der Waals surface area contributed by atoms with Gasteiger partial charge in [-0.05, 0) is 6.07 Å². The first-order chi connectivity index (χ1) is 7.61. The van der Waals surface area contributed by atoms with Gasteiger partial charge in [0.05, 0.1) is 5.69 Å². The summed E-state index contributed by atoms with van der Waals surface area (Å²) in [4.78, 5) is 23.5. The fourth-order valence-corrected chi connectivity index (χ4v) is 2.48. The Hall–Kier alpha value is -1.88. The van der Waals surface area contributed by atoms with Crippen molar-refractivity contribution in [3.05, 3.63) is 29.6 Å². The molecule has 2 amide bonds. The number of fused-ring (bicyclic) bond motifs is 1. The van der Waals surface area contributed by atoms with Crippen molar-refractivity contribution in [1.29, 1.82) is 0 Å². The third-order valence-corrected chi connectivity index (χ3v) is 3.29. The highest BCUT2D eigenvalue weighted by Crippen LogP contribution is 2.32. The quantitative estimate of drug-likeness (QED) is 0.757. The maximum atomic E-state index is 11.4. The van der Waals surface area contributed by atoms with Crippen LogP contribution in [0, 0.1) is 0 Å². The van der Waals surface area contributed by atoms with Crippen LogP contribution in [0.15, 0.2) is 29.6 Å². The number of nitrogens with two attached hydrogens (primary N) is 1. The van der Waals surface area contributed by atoms with E-state index >= 15 is 0 Å². The van der Waals surface area contributed by atoms with E-state index in [0.29, 0.717) is 5.69 Å². The summed E-state index contributed by atoms with van der Waals surface area (Å²) in [5.41, 5.74) is 5.67. The lowest BCUT2D eigenvalue weighted by atomic mass is 10.2. The molecule has 0 saturated heterocycles. The smallest absolute Gasteiger partial charge is 0.315 e. The van der Waals surface area contributed by atoms with E-state index in [2.05, 4.69) is 0 Å². The molecule has 0 bridgehead atoms. The summed E-state index contributed by atoms with van der Waals surface area (Å²) in [6.45, 7) is 0.